The predicted octanol–water partition coefficient (Wildman–Crippen LogP) is 0.534. The normalized spacial score (nSPS) is 22.3. The molecule has 1 aromatic rings. The summed E-state index contributed by atoms with van der Waals surface area (Å²) in [6.07, 6.45) is 4.55. The minimum atomic E-state index is -0.237. The number of carbonyl (C=O) groups is 1. The fourth-order valence-corrected chi connectivity index (χ4v) is 3.52. The molecular formula is C17H28ClN5O2. The van der Waals surface area contributed by atoms with Gasteiger partial charge < -0.3 is 15.5 Å². The van der Waals surface area contributed by atoms with Gasteiger partial charge in [-0.3, -0.25) is 9.59 Å². The van der Waals surface area contributed by atoms with Crippen LogP contribution in [-0.4, -0.2) is 48.4 Å². The number of carbonyl (C=O) groups excluding carboxylic acids is 1. The third kappa shape index (κ3) is 4.52. The van der Waals surface area contributed by atoms with Gasteiger partial charge in [0.1, 0.15) is 0 Å². The molecule has 0 aliphatic carbocycles. The van der Waals surface area contributed by atoms with Gasteiger partial charge >= 0.3 is 0 Å². The van der Waals surface area contributed by atoms with Crippen LogP contribution in [-0.2, 0) is 11.8 Å². The van der Waals surface area contributed by atoms with E-state index in [1.807, 2.05) is 0 Å². The molecule has 0 bridgehead atoms. The summed E-state index contributed by atoms with van der Waals surface area (Å²) in [5, 5.41) is 10.5. The van der Waals surface area contributed by atoms with E-state index in [0.29, 0.717) is 12.5 Å². The van der Waals surface area contributed by atoms with E-state index in [1.54, 1.807) is 19.3 Å². The van der Waals surface area contributed by atoms with E-state index in [2.05, 4.69) is 27.6 Å². The summed E-state index contributed by atoms with van der Waals surface area (Å²) in [6.45, 7) is 6.35. The zero-order valence-corrected chi connectivity index (χ0v) is 15.8. The summed E-state index contributed by atoms with van der Waals surface area (Å²) in [4.78, 5) is 26.4. The lowest BCUT2D eigenvalue weighted by molar-refractivity contribution is -0.131. The minimum absolute atomic E-state index is 0. The summed E-state index contributed by atoms with van der Waals surface area (Å²) < 4.78 is 1.33. The van der Waals surface area contributed by atoms with Crippen LogP contribution in [0.3, 0.4) is 0 Å². The van der Waals surface area contributed by atoms with Gasteiger partial charge in [0.2, 0.25) is 5.91 Å². The summed E-state index contributed by atoms with van der Waals surface area (Å²) >= 11 is 0. The quantitative estimate of drug-likeness (QED) is 0.809. The van der Waals surface area contributed by atoms with Crippen molar-refractivity contribution in [3.05, 3.63) is 22.6 Å². The van der Waals surface area contributed by atoms with Crippen molar-refractivity contribution in [1.82, 2.24) is 20.4 Å². The standard InChI is InChI=1S/C17H27N5O2.ClH/c1-17(4-6-18-7-5-17)16(24)19-10-13-3-8-22(12-13)14-9-15(23)21(2)20-11-14;/h9,11,13,18H,3-8,10,12H2,1-2H3,(H,19,24);1H. The van der Waals surface area contributed by atoms with Crippen molar-refractivity contribution >= 4 is 24.0 Å². The van der Waals surface area contributed by atoms with Crippen LogP contribution in [0.15, 0.2) is 17.1 Å². The number of nitrogens with one attached hydrogen (secondary N) is 2. The maximum atomic E-state index is 12.5. The van der Waals surface area contributed by atoms with Gasteiger partial charge in [-0.25, -0.2) is 4.68 Å². The van der Waals surface area contributed by atoms with E-state index >= 15 is 0 Å². The van der Waals surface area contributed by atoms with Gasteiger partial charge in [0.15, 0.2) is 0 Å². The second kappa shape index (κ2) is 8.19. The van der Waals surface area contributed by atoms with Crippen LogP contribution in [0.25, 0.3) is 0 Å². The molecule has 2 fully saturated rings. The van der Waals surface area contributed by atoms with Crippen molar-refractivity contribution in [2.75, 3.05) is 37.6 Å². The van der Waals surface area contributed by atoms with Crippen LogP contribution >= 0.6 is 12.4 Å². The fraction of sp³-hybridized carbons (Fsp3) is 0.706. The number of aromatic nitrogens is 2. The zero-order valence-electron chi connectivity index (χ0n) is 15.0. The molecule has 3 heterocycles. The fourth-order valence-electron chi connectivity index (χ4n) is 3.52. The molecule has 2 saturated heterocycles. The first-order chi connectivity index (χ1) is 11.5. The number of rotatable bonds is 4. The van der Waals surface area contributed by atoms with E-state index in [-0.39, 0.29) is 29.3 Å². The highest BCUT2D eigenvalue weighted by atomic mass is 35.5. The number of anilines is 1. The van der Waals surface area contributed by atoms with Crippen LogP contribution in [0.1, 0.15) is 26.2 Å². The summed E-state index contributed by atoms with van der Waals surface area (Å²) in [7, 11) is 1.65. The predicted molar refractivity (Wildman–Crippen MR) is 100 cm³/mol. The van der Waals surface area contributed by atoms with Crippen molar-refractivity contribution in [2.24, 2.45) is 18.4 Å². The lowest BCUT2D eigenvalue weighted by atomic mass is 9.80. The molecule has 8 heteroatoms. The van der Waals surface area contributed by atoms with Gasteiger partial charge in [-0.2, -0.15) is 5.10 Å². The van der Waals surface area contributed by atoms with Gasteiger partial charge in [0.05, 0.1) is 11.9 Å². The van der Waals surface area contributed by atoms with Gasteiger partial charge in [0.25, 0.3) is 5.56 Å². The molecule has 1 atom stereocenters. The Hall–Kier alpha value is -1.60. The van der Waals surface area contributed by atoms with Gasteiger partial charge in [-0.1, -0.05) is 6.92 Å². The first-order valence-corrected chi connectivity index (χ1v) is 8.75. The monoisotopic (exact) mass is 369 g/mol. The maximum absolute atomic E-state index is 12.5. The molecule has 140 valence electrons. The molecule has 0 spiro atoms. The molecule has 25 heavy (non-hydrogen) atoms. The molecule has 0 saturated carbocycles. The van der Waals surface area contributed by atoms with Crippen molar-refractivity contribution in [2.45, 2.75) is 26.2 Å². The Morgan fingerprint density at radius 3 is 2.84 bits per heavy atom. The van der Waals surface area contributed by atoms with Crippen LogP contribution in [0.4, 0.5) is 5.69 Å². The summed E-state index contributed by atoms with van der Waals surface area (Å²) in [6, 6.07) is 1.63. The Labute approximate surface area is 154 Å². The molecule has 1 unspecified atom stereocenters. The maximum Gasteiger partial charge on any atom is 0.268 e. The highest BCUT2D eigenvalue weighted by molar-refractivity contribution is 5.85. The Morgan fingerprint density at radius 1 is 1.44 bits per heavy atom. The van der Waals surface area contributed by atoms with Crippen LogP contribution < -0.4 is 21.1 Å². The highest BCUT2D eigenvalue weighted by Gasteiger charge is 2.35. The number of hydrogen-bond acceptors (Lipinski definition) is 5. The molecule has 2 N–H and O–H groups in total. The zero-order chi connectivity index (χ0) is 17.2. The third-order valence-corrected chi connectivity index (χ3v) is 5.41. The SMILES string of the molecule is Cl.Cn1ncc(N2CCC(CNC(=O)C3(C)CCNCC3)C2)cc1=O. The van der Waals surface area contributed by atoms with Crippen molar-refractivity contribution < 1.29 is 4.79 Å². The molecule has 7 nitrogen and oxygen atoms in total. The molecule has 0 radical (unpaired) electrons. The molecular weight excluding hydrogens is 342 g/mol. The molecule has 1 aromatic heterocycles. The number of halogens is 1. The second-order valence-corrected chi connectivity index (χ2v) is 7.30. The van der Waals surface area contributed by atoms with E-state index in [1.165, 1.54) is 4.68 Å². The van der Waals surface area contributed by atoms with E-state index in [4.69, 9.17) is 0 Å². The number of hydrogen-bond donors (Lipinski definition) is 2. The van der Waals surface area contributed by atoms with Crippen LogP contribution in [0.5, 0.6) is 0 Å². The number of piperidine rings is 1. The van der Waals surface area contributed by atoms with Gasteiger partial charge in [-0.05, 0) is 38.3 Å². The van der Waals surface area contributed by atoms with E-state index in [9.17, 15) is 9.59 Å². The average molecular weight is 370 g/mol. The first-order valence-electron chi connectivity index (χ1n) is 8.75. The lowest BCUT2D eigenvalue weighted by Gasteiger charge is -2.32. The van der Waals surface area contributed by atoms with Gasteiger partial charge in [-0.15, -0.1) is 12.4 Å². The van der Waals surface area contributed by atoms with Crippen molar-refractivity contribution in [1.29, 1.82) is 0 Å². The first kappa shape index (κ1) is 19.7. The van der Waals surface area contributed by atoms with Crippen molar-refractivity contribution in [3.63, 3.8) is 0 Å². The molecule has 2 aliphatic heterocycles. The van der Waals surface area contributed by atoms with Gasteiger partial charge in [0, 0.05) is 38.2 Å². The second-order valence-electron chi connectivity index (χ2n) is 7.30. The van der Waals surface area contributed by atoms with E-state index in [0.717, 1.165) is 51.1 Å². The smallest absolute Gasteiger partial charge is 0.268 e. The molecule has 3 rings (SSSR count). The number of nitrogens with zero attached hydrogens (tertiary/aromatic N) is 3. The topological polar surface area (TPSA) is 79.3 Å². The minimum Gasteiger partial charge on any atom is -0.370 e. The Morgan fingerprint density at radius 2 is 2.16 bits per heavy atom. The summed E-state index contributed by atoms with van der Waals surface area (Å²) in [5.41, 5.74) is 0.541. The molecule has 0 aromatic carbocycles. The lowest BCUT2D eigenvalue weighted by Crippen LogP contribution is -2.47. The number of aryl methyl sites for hydroxylation is 1. The Kier molecular flexibility index (Phi) is 6.46. The van der Waals surface area contributed by atoms with Crippen LogP contribution in [0, 0.1) is 11.3 Å². The number of amides is 1. The summed E-state index contributed by atoms with van der Waals surface area (Å²) in [5.74, 6) is 0.598. The Bertz CT molecular complexity index is 657. The van der Waals surface area contributed by atoms with Crippen molar-refractivity contribution in [3.8, 4) is 0 Å². The Balaban J connectivity index is 0.00000225. The molecule has 1 amide bonds. The molecule has 2 aliphatic rings. The van der Waals surface area contributed by atoms with E-state index < -0.39 is 0 Å². The average Bonchev–Trinajstić information content (AvgIpc) is 3.05. The highest BCUT2D eigenvalue weighted by Crippen LogP contribution is 2.28. The third-order valence-electron chi connectivity index (χ3n) is 5.41. The largest absolute Gasteiger partial charge is 0.370 e. The van der Waals surface area contributed by atoms with Crippen LogP contribution in [0.2, 0.25) is 0 Å².